The van der Waals surface area contributed by atoms with Crippen LogP contribution in [0.1, 0.15) is 226 Å². The number of hydrogen-bond acceptors (Lipinski definition) is 7. The van der Waals surface area contributed by atoms with Crippen LogP contribution >= 0.6 is 7.82 Å². The number of quaternary nitrogens is 1. The highest BCUT2D eigenvalue weighted by Crippen LogP contribution is 2.38. The molecule has 4 atom stereocenters. The minimum absolute atomic E-state index is 0.0475. The Morgan fingerprint density at radius 1 is 0.571 bits per heavy atom. The number of nitrogens with one attached hydrogen (secondary N) is 1. The summed E-state index contributed by atoms with van der Waals surface area (Å²) in [5, 5.41) is 24.6. The second-order valence-electron chi connectivity index (χ2n) is 19.0. The largest absolute Gasteiger partial charge is 0.756 e. The Labute approximate surface area is 389 Å². The fraction of sp³-hybridized carbons (Fsp3) is 0.830. The second kappa shape index (κ2) is 44.3. The molecule has 0 bridgehead atoms. The highest BCUT2D eigenvalue weighted by atomic mass is 31.2. The molecule has 0 aliphatic rings. The molecule has 4 unspecified atom stereocenters. The van der Waals surface area contributed by atoms with Crippen LogP contribution in [0, 0.1) is 0 Å². The number of unbranched alkanes of at least 4 members (excludes halogenated alkanes) is 25. The third-order valence-electron chi connectivity index (χ3n) is 11.6. The highest BCUT2D eigenvalue weighted by molar-refractivity contribution is 7.45. The van der Waals surface area contributed by atoms with Crippen LogP contribution in [-0.4, -0.2) is 79.8 Å². The van der Waals surface area contributed by atoms with Gasteiger partial charge in [-0.2, -0.15) is 0 Å². The summed E-state index contributed by atoms with van der Waals surface area (Å²) < 4.78 is 23.2. The summed E-state index contributed by atoms with van der Waals surface area (Å²) >= 11 is 0. The van der Waals surface area contributed by atoms with Gasteiger partial charge >= 0.3 is 0 Å². The predicted octanol–water partition coefficient (Wildman–Crippen LogP) is 13.5. The fourth-order valence-corrected chi connectivity index (χ4v) is 8.16. The van der Waals surface area contributed by atoms with Crippen LogP contribution in [0.4, 0.5) is 0 Å². The van der Waals surface area contributed by atoms with Crippen molar-refractivity contribution in [2.24, 2.45) is 0 Å². The van der Waals surface area contributed by atoms with E-state index in [0.717, 1.165) is 44.9 Å². The van der Waals surface area contributed by atoms with Crippen LogP contribution in [0.2, 0.25) is 0 Å². The van der Waals surface area contributed by atoms with Crippen LogP contribution in [-0.2, 0) is 18.4 Å². The standard InChI is InChI=1S/C53H101N2O7P/c1-6-8-10-12-14-16-18-20-21-22-23-24-25-26-27-28-29-30-31-32-33-34-36-38-40-42-44-46-52(57)54-50(49-62-63(59,60)61-48-47-55(3,4)5)53(58)51(56)45-43-41-39-37-35-19-17-15-13-11-9-7-2/h18,20,22-23,25-26,37,39,50-51,53,56,58H,6-17,19,21,24,27-36,38,40-49H2,1-5H3,(H-,54,57,59,60)/b20-18-,23-22-,26-25-,39-37+. The number of likely N-dealkylation sites (N-methyl/N-ethyl adjacent to an activating group) is 1. The van der Waals surface area contributed by atoms with Gasteiger partial charge < -0.3 is 34.0 Å². The molecule has 9 nitrogen and oxygen atoms in total. The monoisotopic (exact) mass is 909 g/mol. The van der Waals surface area contributed by atoms with Gasteiger partial charge in [0, 0.05) is 6.42 Å². The van der Waals surface area contributed by atoms with Crippen molar-refractivity contribution in [3.63, 3.8) is 0 Å². The average molecular weight is 909 g/mol. The summed E-state index contributed by atoms with van der Waals surface area (Å²) in [7, 11) is 1.10. The van der Waals surface area contributed by atoms with Crippen LogP contribution in [0.15, 0.2) is 48.6 Å². The molecule has 0 saturated carbocycles. The molecule has 0 aromatic heterocycles. The molecule has 0 rings (SSSR count). The molecular formula is C53H101N2O7P. The van der Waals surface area contributed by atoms with E-state index in [1.165, 1.54) is 141 Å². The minimum atomic E-state index is -4.68. The molecule has 0 radical (unpaired) electrons. The zero-order valence-electron chi connectivity index (χ0n) is 41.6. The SMILES string of the molecule is CCCCCCC/C=C\C/C=C\C/C=C\CCCCCCCCCCCCCCC(=O)NC(COP(=O)([O-])OCC[N+](C)(C)C)C(O)C(O)CCC/C=C/CCCCCCCCC. The van der Waals surface area contributed by atoms with Gasteiger partial charge in [0.15, 0.2) is 0 Å². The van der Waals surface area contributed by atoms with Gasteiger partial charge in [0.2, 0.25) is 5.91 Å². The summed E-state index contributed by atoms with van der Waals surface area (Å²) in [5.41, 5.74) is 0. The molecule has 0 aliphatic heterocycles. The first kappa shape index (κ1) is 61.4. The Balaban J connectivity index is 4.28. The molecule has 0 saturated heterocycles. The van der Waals surface area contributed by atoms with Crippen molar-refractivity contribution in [3.8, 4) is 0 Å². The van der Waals surface area contributed by atoms with Gasteiger partial charge in [-0.05, 0) is 77.0 Å². The zero-order chi connectivity index (χ0) is 46.5. The van der Waals surface area contributed by atoms with Gasteiger partial charge in [-0.3, -0.25) is 9.36 Å². The van der Waals surface area contributed by atoms with Crippen molar-refractivity contribution in [1.29, 1.82) is 0 Å². The number of amides is 1. The van der Waals surface area contributed by atoms with Gasteiger partial charge in [-0.15, -0.1) is 0 Å². The first-order chi connectivity index (χ1) is 30.4. The summed E-state index contributed by atoms with van der Waals surface area (Å²) in [5.74, 6) is -0.291. The Bertz CT molecular complexity index is 1180. The normalized spacial score (nSPS) is 15.0. The Hall–Kier alpha value is -1.58. The number of aliphatic hydroxyl groups is 2. The maximum absolute atomic E-state index is 12.9. The van der Waals surface area contributed by atoms with E-state index in [-0.39, 0.29) is 18.9 Å². The van der Waals surface area contributed by atoms with Crippen molar-refractivity contribution >= 4 is 13.7 Å². The number of aliphatic hydroxyl groups excluding tert-OH is 2. The molecule has 0 aromatic carbocycles. The number of phosphoric ester groups is 1. The number of carbonyl (C=O) groups excluding carboxylic acids is 1. The molecule has 0 aromatic rings. The molecule has 1 amide bonds. The first-order valence-corrected chi connectivity index (χ1v) is 27.5. The molecule has 3 N–H and O–H groups in total. The van der Waals surface area contributed by atoms with Gasteiger partial charge in [0.25, 0.3) is 7.82 Å². The van der Waals surface area contributed by atoms with Crippen LogP contribution < -0.4 is 10.2 Å². The third-order valence-corrected chi connectivity index (χ3v) is 12.6. The number of allylic oxidation sites excluding steroid dienone is 8. The van der Waals surface area contributed by atoms with E-state index >= 15 is 0 Å². The average Bonchev–Trinajstić information content (AvgIpc) is 3.24. The molecule has 10 heteroatoms. The quantitative estimate of drug-likeness (QED) is 0.0240. The van der Waals surface area contributed by atoms with Gasteiger partial charge in [-0.1, -0.05) is 191 Å². The van der Waals surface area contributed by atoms with Gasteiger partial charge in [-0.25, -0.2) is 0 Å². The summed E-state index contributed by atoms with van der Waals surface area (Å²) in [6.45, 7) is 4.40. The third kappa shape index (κ3) is 45.4. The van der Waals surface area contributed by atoms with Gasteiger partial charge in [0.1, 0.15) is 19.3 Å². The van der Waals surface area contributed by atoms with E-state index in [2.05, 4.69) is 67.8 Å². The number of phosphoric acid groups is 1. The van der Waals surface area contributed by atoms with Crippen molar-refractivity contribution in [3.05, 3.63) is 48.6 Å². The maximum atomic E-state index is 12.9. The van der Waals surface area contributed by atoms with Crippen LogP contribution in [0.3, 0.4) is 0 Å². The summed E-state index contributed by atoms with van der Waals surface area (Å²) in [6, 6.07) is -1.09. The molecule has 370 valence electrons. The summed E-state index contributed by atoms with van der Waals surface area (Å²) in [6.07, 6.45) is 53.1. The zero-order valence-corrected chi connectivity index (χ0v) is 42.5. The number of carbonyl (C=O) groups is 1. The van der Waals surface area contributed by atoms with E-state index in [1.807, 2.05) is 21.1 Å². The first-order valence-electron chi connectivity index (χ1n) is 26.1. The smallest absolute Gasteiger partial charge is 0.268 e. The predicted molar refractivity (Wildman–Crippen MR) is 267 cm³/mol. The lowest BCUT2D eigenvalue weighted by molar-refractivity contribution is -0.870. The maximum Gasteiger partial charge on any atom is 0.268 e. The van der Waals surface area contributed by atoms with Gasteiger partial charge in [0.05, 0.1) is 39.9 Å². The molecule has 0 heterocycles. The topological polar surface area (TPSA) is 128 Å². The lowest BCUT2D eigenvalue weighted by atomic mass is 10.0. The Kier molecular flexibility index (Phi) is 43.2. The minimum Gasteiger partial charge on any atom is -0.756 e. The van der Waals surface area contributed by atoms with Crippen LogP contribution in [0.5, 0.6) is 0 Å². The number of nitrogens with zero attached hydrogens (tertiary/aromatic N) is 1. The second-order valence-corrected chi connectivity index (χ2v) is 20.4. The number of rotatable bonds is 47. The molecule has 63 heavy (non-hydrogen) atoms. The Morgan fingerprint density at radius 2 is 0.952 bits per heavy atom. The van der Waals surface area contributed by atoms with E-state index in [4.69, 9.17) is 9.05 Å². The lowest BCUT2D eigenvalue weighted by Crippen LogP contribution is -2.51. The Morgan fingerprint density at radius 3 is 1.40 bits per heavy atom. The van der Waals surface area contributed by atoms with Crippen LogP contribution in [0.25, 0.3) is 0 Å². The molecular weight excluding hydrogens is 808 g/mol. The van der Waals surface area contributed by atoms with Crippen molar-refractivity contribution < 1.29 is 38.0 Å². The fourth-order valence-electron chi connectivity index (χ4n) is 7.44. The van der Waals surface area contributed by atoms with E-state index in [1.54, 1.807) is 0 Å². The van der Waals surface area contributed by atoms with E-state index in [0.29, 0.717) is 30.3 Å². The van der Waals surface area contributed by atoms with Crippen molar-refractivity contribution in [2.45, 2.75) is 244 Å². The molecule has 0 aliphatic carbocycles. The molecule has 0 spiro atoms. The van der Waals surface area contributed by atoms with E-state index in [9.17, 15) is 24.5 Å². The van der Waals surface area contributed by atoms with Crippen molar-refractivity contribution in [2.75, 3.05) is 40.9 Å². The lowest BCUT2D eigenvalue weighted by Gasteiger charge is -2.31. The number of hydrogen-bond donors (Lipinski definition) is 3. The molecule has 0 fully saturated rings. The summed E-state index contributed by atoms with van der Waals surface area (Å²) in [4.78, 5) is 25.5. The highest BCUT2D eigenvalue weighted by Gasteiger charge is 2.29. The van der Waals surface area contributed by atoms with E-state index < -0.39 is 32.7 Å². The van der Waals surface area contributed by atoms with Crippen molar-refractivity contribution in [1.82, 2.24) is 5.32 Å².